The van der Waals surface area contributed by atoms with Gasteiger partial charge in [0, 0.05) is 32.6 Å². The fourth-order valence-corrected chi connectivity index (χ4v) is 3.22. The predicted octanol–water partition coefficient (Wildman–Crippen LogP) is 1.35. The Bertz CT molecular complexity index is 692. The fourth-order valence-electron chi connectivity index (χ4n) is 3.22. The maximum absolute atomic E-state index is 12.9. The number of amides is 2. The molecule has 2 unspecified atom stereocenters. The van der Waals surface area contributed by atoms with Crippen LogP contribution in [0.1, 0.15) is 52.1 Å². The van der Waals surface area contributed by atoms with Crippen LogP contribution in [0.2, 0.25) is 0 Å². The molecule has 0 bridgehead atoms. The number of aryl methyl sites for hydroxylation is 1. The van der Waals surface area contributed by atoms with Gasteiger partial charge >= 0.3 is 5.97 Å². The van der Waals surface area contributed by atoms with Gasteiger partial charge in [-0.1, -0.05) is 20.8 Å². The van der Waals surface area contributed by atoms with Crippen LogP contribution in [0, 0.1) is 5.41 Å². The highest BCUT2D eigenvalue weighted by Gasteiger charge is 2.35. The molecule has 8 nitrogen and oxygen atoms in total. The second-order valence-corrected chi connectivity index (χ2v) is 8.44. The first-order chi connectivity index (χ1) is 12.6. The Morgan fingerprint density at radius 2 is 2.07 bits per heavy atom. The third kappa shape index (κ3) is 6.08. The van der Waals surface area contributed by atoms with Gasteiger partial charge in [0.05, 0.1) is 12.0 Å². The lowest BCUT2D eigenvalue weighted by Gasteiger charge is -2.28. The average Bonchev–Trinajstić information content (AvgIpc) is 3.16. The summed E-state index contributed by atoms with van der Waals surface area (Å²) in [6.07, 6.45) is 5.83. The molecule has 0 aromatic carbocycles. The number of aromatic nitrogens is 2. The second kappa shape index (κ2) is 8.54. The van der Waals surface area contributed by atoms with E-state index >= 15 is 0 Å². The van der Waals surface area contributed by atoms with Crippen LogP contribution in [-0.2, 0) is 27.9 Å². The molecule has 1 aliphatic rings. The molecule has 0 aliphatic carbocycles. The number of carbonyl (C=O) groups is 3. The largest absolute Gasteiger partial charge is 0.480 e. The molecule has 1 aliphatic heterocycles. The lowest BCUT2D eigenvalue weighted by Crippen LogP contribution is -2.53. The Balaban J connectivity index is 2.13. The van der Waals surface area contributed by atoms with Crippen molar-refractivity contribution in [2.24, 2.45) is 12.5 Å². The molecule has 2 atom stereocenters. The minimum atomic E-state index is -1.06. The highest BCUT2D eigenvalue weighted by atomic mass is 16.4. The fraction of sp³-hybridized carbons (Fsp3) is 0.684. The van der Waals surface area contributed by atoms with Crippen molar-refractivity contribution < 1.29 is 19.5 Å². The van der Waals surface area contributed by atoms with Crippen LogP contribution in [0.3, 0.4) is 0 Å². The van der Waals surface area contributed by atoms with Gasteiger partial charge in [0.1, 0.15) is 12.1 Å². The summed E-state index contributed by atoms with van der Waals surface area (Å²) >= 11 is 0. The zero-order valence-corrected chi connectivity index (χ0v) is 16.6. The van der Waals surface area contributed by atoms with E-state index in [0.717, 1.165) is 0 Å². The van der Waals surface area contributed by atoms with Crippen molar-refractivity contribution in [2.45, 2.75) is 65.0 Å². The predicted molar refractivity (Wildman–Crippen MR) is 99.9 cm³/mol. The summed E-state index contributed by atoms with van der Waals surface area (Å²) in [6.45, 7) is 6.59. The highest BCUT2D eigenvalue weighted by molar-refractivity contribution is 5.91. The van der Waals surface area contributed by atoms with Crippen molar-refractivity contribution >= 4 is 17.8 Å². The third-order valence-corrected chi connectivity index (χ3v) is 4.75. The van der Waals surface area contributed by atoms with Gasteiger partial charge in [-0.25, -0.2) is 9.78 Å². The van der Waals surface area contributed by atoms with E-state index in [4.69, 9.17) is 0 Å². The second-order valence-electron chi connectivity index (χ2n) is 8.44. The first-order valence-corrected chi connectivity index (χ1v) is 9.36. The van der Waals surface area contributed by atoms with Crippen molar-refractivity contribution in [3.63, 3.8) is 0 Å². The quantitative estimate of drug-likeness (QED) is 0.710. The molecular formula is C19H30N4O4. The summed E-state index contributed by atoms with van der Waals surface area (Å²) in [4.78, 5) is 42.5. The van der Waals surface area contributed by atoms with Crippen molar-refractivity contribution in [1.29, 1.82) is 0 Å². The number of rotatable bonds is 8. The zero-order chi connectivity index (χ0) is 20.2. The van der Waals surface area contributed by atoms with Crippen LogP contribution < -0.4 is 5.32 Å². The van der Waals surface area contributed by atoms with Gasteiger partial charge in [-0.05, 0) is 24.7 Å². The number of aliphatic carboxylic acids is 1. The van der Waals surface area contributed by atoms with Crippen molar-refractivity contribution in [3.05, 3.63) is 18.2 Å². The van der Waals surface area contributed by atoms with Crippen molar-refractivity contribution in [1.82, 2.24) is 19.8 Å². The Morgan fingerprint density at radius 3 is 2.56 bits per heavy atom. The molecule has 1 aromatic heterocycles. The number of likely N-dealkylation sites (tertiary alicyclic amines) is 1. The number of hydrogen-bond donors (Lipinski definition) is 2. The van der Waals surface area contributed by atoms with E-state index in [2.05, 4.69) is 10.3 Å². The van der Waals surface area contributed by atoms with Crippen molar-refractivity contribution in [3.8, 4) is 0 Å². The normalized spacial score (nSPS) is 17.0. The number of nitrogens with zero attached hydrogens (tertiary/aromatic N) is 3. The monoisotopic (exact) mass is 378 g/mol. The Kier molecular flexibility index (Phi) is 6.62. The molecular weight excluding hydrogens is 348 g/mol. The first kappa shape index (κ1) is 20.9. The lowest BCUT2D eigenvalue weighted by molar-refractivity contribution is -0.144. The average molecular weight is 378 g/mol. The van der Waals surface area contributed by atoms with Crippen LogP contribution >= 0.6 is 0 Å². The van der Waals surface area contributed by atoms with Crippen LogP contribution in [-0.4, -0.2) is 56.0 Å². The minimum Gasteiger partial charge on any atom is -0.480 e. The molecule has 0 spiro atoms. The van der Waals surface area contributed by atoms with Gasteiger partial charge in [-0.15, -0.1) is 0 Å². The lowest BCUT2D eigenvalue weighted by atomic mass is 9.88. The first-order valence-electron chi connectivity index (χ1n) is 9.36. The van der Waals surface area contributed by atoms with Crippen LogP contribution in [0.25, 0.3) is 0 Å². The molecule has 1 aromatic rings. The van der Waals surface area contributed by atoms with E-state index < -0.39 is 24.0 Å². The van der Waals surface area contributed by atoms with Gasteiger partial charge in [0.25, 0.3) is 0 Å². The maximum atomic E-state index is 12.9. The number of carboxylic acid groups (broad SMARTS) is 1. The van der Waals surface area contributed by atoms with E-state index in [-0.39, 0.29) is 17.7 Å². The van der Waals surface area contributed by atoms with E-state index in [1.165, 1.54) is 0 Å². The van der Waals surface area contributed by atoms with Gasteiger partial charge in [0.2, 0.25) is 11.8 Å². The molecule has 2 N–H and O–H groups in total. The summed E-state index contributed by atoms with van der Waals surface area (Å²) in [7, 11) is 1.83. The van der Waals surface area contributed by atoms with Crippen molar-refractivity contribution in [2.75, 3.05) is 6.54 Å². The summed E-state index contributed by atoms with van der Waals surface area (Å²) < 4.78 is 1.78. The Morgan fingerprint density at radius 1 is 1.37 bits per heavy atom. The number of imidazole rings is 1. The molecule has 1 saturated heterocycles. The van der Waals surface area contributed by atoms with E-state index in [9.17, 15) is 19.5 Å². The molecule has 150 valence electrons. The Hall–Kier alpha value is -2.38. The molecule has 27 heavy (non-hydrogen) atoms. The number of carboxylic acids is 1. The molecule has 8 heteroatoms. The van der Waals surface area contributed by atoms with Crippen LogP contribution in [0.4, 0.5) is 0 Å². The number of carbonyl (C=O) groups excluding carboxylic acids is 2. The number of hydrogen-bond acceptors (Lipinski definition) is 4. The van der Waals surface area contributed by atoms with E-state index in [1.54, 1.807) is 22.0 Å². The van der Waals surface area contributed by atoms with Crippen LogP contribution in [0.15, 0.2) is 12.5 Å². The van der Waals surface area contributed by atoms with E-state index in [1.807, 2.05) is 27.8 Å². The molecule has 2 heterocycles. The van der Waals surface area contributed by atoms with Gasteiger partial charge in [-0.3, -0.25) is 9.59 Å². The van der Waals surface area contributed by atoms with Gasteiger partial charge in [0.15, 0.2) is 0 Å². The molecule has 0 radical (unpaired) electrons. The summed E-state index contributed by atoms with van der Waals surface area (Å²) in [5.41, 5.74) is 0.662. The molecule has 0 saturated carbocycles. The van der Waals surface area contributed by atoms with Crippen LogP contribution in [0.5, 0.6) is 0 Å². The third-order valence-electron chi connectivity index (χ3n) is 4.75. The Labute approximate surface area is 159 Å². The summed E-state index contributed by atoms with van der Waals surface area (Å²) in [5.74, 6) is -1.57. The zero-order valence-electron chi connectivity index (χ0n) is 16.6. The van der Waals surface area contributed by atoms with Gasteiger partial charge in [-0.2, -0.15) is 0 Å². The standard InChI is InChI=1S/C19H30N4O4/c1-19(2,3)8-7-14(18(26)27)21-17(25)15(23-9-5-6-16(23)24)10-13-11-22(4)12-20-13/h11-12,14-15H,5-10H2,1-4H3,(H,21,25)(H,26,27). The number of nitrogens with one attached hydrogen (secondary N) is 1. The summed E-state index contributed by atoms with van der Waals surface area (Å²) in [6, 6.07) is -1.72. The smallest absolute Gasteiger partial charge is 0.326 e. The van der Waals surface area contributed by atoms with E-state index in [0.29, 0.717) is 37.9 Å². The SMILES string of the molecule is Cn1cnc(CC(C(=O)NC(CCC(C)(C)C)C(=O)O)N2CCCC2=O)c1. The topological polar surface area (TPSA) is 105 Å². The molecule has 2 rings (SSSR count). The highest BCUT2D eigenvalue weighted by Crippen LogP contribution is 2.22. The minimum absolute atomic E-state index is 0.0310. The maximum Gasteiger partial charge on any atom is 0.326 e. The van der Waals surface area contributed by atoms with Gasteiger partial charge < -0.3 is 19.9 Å². The molecule has 1 fully saturated rings. The molecule has 2 amide bonds. The summed E-state index contributed by atoms with van der Waals surface area (Å²) in [5, 5.41) is 12.1.